The van der Waals surface area contributed by atoms with E-state index in [1.165, 1.54) is 6.26 Å². The minimum atomic E-state index is -3.46. The molecule has 1 atom stereocenters. The molecule has 2 aliphatic rings. The van der Waals surface area contributed by atoms with Crippen LogP contribution in [0.25, 0.3) is 0 Å². The highest BCUT2D eigenvalue weighted by molar-refractivity contribution is 7.92. The van der Waals surface area contributed by atoms with Gasteiger partial charge in [0.2, 0.25) is 5.91 Å². The van der Waals surface area contributed by atoms with Crippen LogP contribution in [0.15, 0.2) is 24.3 Å². The summed E-state index contributed by atoms with van der Waals surface area (Å²) in [5.74, 6) is 0.834. The van der Waals surface area contributed by atoms with Crippen molar-refractivity contribution in [2.75, 3.05) is 39.5 Å². The zero-order valence-corrected chi connectivity index (χ0v) is 15.6. The number of carbonyl (C=O) groups is 1. The molecular weight excluding hydrogens is 340 g/mol. The third kappa shape index (κ3) is 3.40. The van der Waals surface area contributed by atoms with E-state index >= 15 is 0 Å². The summed E-state index contributed by atoms with van der Waals surface area (Å²) in [4.78, 5) is 14.9. The zero-order valence-electron chi connectivity index (χ0n) is 14.8. The Morgan fingerprint density at radius 2 is 1.88 bits per heavy atom. The first kappa shape index (κ1) is 18.2. The van der Waals surface area contributed by atoms with Crippen molar-refractivity contribution < 1.29 is 17.9 Å². The van der Waals surface area contributed by atoms with Crippen molar-refractivity contribution in [3.8, 4) is 5.75 Å². The Hall–Kier alpha value is -1.60. The first-order chi connectivity index (χ1) is 11.9. The Morgan fingerprint density at radius 3 is 2.44 bits per heavy atom. The maximum atomic E-state index is 13.1. The minimum absolute atomic E-state index is 0.215. The van der Waals surface area contributed by atoms with E-state index in [4.69, 9.17) is 4.74 Å². The number of ether oxygens (including phenoxy) is 1. The van der Waals surface area contributed by atoms with Gasteiger partial charge in [-0.25, -0.2) is 8.42 Å². The number of hydrogen-bond acceptors (Lipinski definition) is 5. The summed E-state index contributed by atoms with van der Waals surface area (Å²) < 4.78 is 28.8. The van der Waals surface area contributed by atoms with Gasteiger partial charge in [-0.2, -0.15) is 0 Å². The molecule has 1 amide bonds. The van der Waals surface area contributed by atoms with E-state index < -0.39 is 14.6 Å². The van der Waals surface area contributed by atoms with E-state index in [0.29, 0.717) is 39.0 Å². The molecule has 0 spiro atoms. The molecule has 25 heavy (non-hydrogen) atoms. The van der Waals surface area contributed by atoms with Crippen molar-refractivity contribution >= 4 is 15.7 Å². The average molecular weight is 366 g/mol. The topological polar surface area (TPSA) is 75.7 Å². The molecule has 138 valence electrons. The summed E-state index contributed by atoms with van der Waals surface area (Å²) in [6, 6.07) is 7.89. The molecule has 0 aliphatic carbocycles. The van der Waals surface area contributed by atoms with Crippen molar-refractivity contribution in [1.82, 2.24) is 10.2 Å². The van der Waals surface area contributed by atoms with Gasteiger partial charge < -0.3 is 15.0 Å². The third-order valence-corrected chi connectivity index (χ3v) is 7.58. The summed E-state index contributed by atoms with van der Waals surface area (Å²) in [6.45, 7) is 2.32. The number of hydrogen-bond donors (Lipinski definition) is 1. The molecular formula is C18H26N2O4S. The number of nitrogens with one attached hydrogen (secondary N) is 1. The second-order valence-electron chi connectivity index (χ2n) is 7.03. The molecule has 0 saturated carbocycles. The van der Waals surface area contributed by atoms with Gasteiger partial charge >= 0.3 is 0 Å². The molecule has 1 N–H and O–H groups in total. The van der Waals surface area contributed by atoms with Crippen LogP contribution in [-0.4, -0.2) is 63.5 Å². The lowest BCUT2D eigenvalue weighted by Gasteiger charge is -2.37. The minimum Gasteiger partial charge on any atom is -0.497 e. The van der Waals surface area contributed by atoms with Crippen molar-refractivity contribution in [3.05, 3.63) is 29.8 Å². The highest BCUT2D eigenvalue weighted by atomic mass is 32.2. The molecule has 1 aromatic carbocycles. The first-order valence-corrected chi connectivity index (χ1v) is 10.6. The average Bonchev–Trinajstić information content (AvgIpc) is 3.11. The second kappa shape index (κ2) is 6.96. The highest BCUT2D eigenvalue weighted by Gasteiger charge is 2.51. The van der Waals surface area contributed by atoms with Crippen LogP contribution in [0.5, 0.6) is 5.75 Å². The molecule has 7 heteroatoms. The molecule has 0 bridgehead atoms. The maximum absolute atomic E-state index is 13.1. The van der Waals surface area contributed by atoms with Crippen molar-refractivity contribution in [3.63, 3.8) is 0 Å². The summed E-state index contributed by atoms with van der Waals surface area (Å²) in [5, 5.41) is 3.16. The van der Waals surface area contributed by atoms with Gasteiger partial charge in [0.1, 0.15) is 5.75 Å². The lowest BCUT2D eigenvalue weighted by atomic mass is 9.95. The van der Waals surface area contributed by atoms with Crippen LogP contribution in [0, 0.1) is 0 Å². The smallest absolute Gasteiger partial charge is 0.244 e. The summed E-state index contributed by atoms with van der Waals surface area (Å²) in [5.41, 5.74) is 1.16. The SMILES string of the molecule is COc1ccc(C2CCN(C(=O)C3(S(C)(=O)=O)CCNCC3)C2)cc1. The van der Waals surface area contributed by atoms with Crippen LogP contribution in [0.4, 0.5) is 0 Å². The van der Waals surface area contributed by atoms with E-state index in [1.54, 1.807) is 12.0 Å². The Kier molecular flexibility index (Phi) is 5.06. The predicted octanol–water partition coefficient (Wildman–Crippen LogP) is 1.18. The predicted molar refractivity (Wildman–Crippen MR) is 96.6 cm³/mol. The van der Waals surface area contributed by atoms with Gasteiger partial charge in [-0.3, -0.25) is 4.79 Å². The monoisotopic (exact) mass is 366 g/mol. The summed E-state index contributed by atoms with van der Waals surface area (Å²) in [7, 11) is -1.83. The van der Waals surface area contributed by atoms with E-state index in [0.717, 1.165) is 17.7 Å². The molecule has 2 heterocycles. The van der Waals surface area contributed by atoms with Crippen molar-refractivity contribution in [2.45, 2.75) is 29.9 Å². The van der Waals surface area contributed by atoms with Crippen LogP contribution >= 0.6 is 0 Å². The Bertz CT molecular complexity index is 724. The molecule has 2 saturated heterocycles. The van der Waals surface area contributed by atoms with Crippen LogP contribution in [0.3, 0.4) is 0 Å². The van der Waals surface area contributed by atoms with E-state index in [2.05, 4.69) is 5.32 Å². The van der Waals surface area contributed by atoms with Crippen LogP contribution in [0.2, 0.25) is 0 Å². The Labute approximate surface area is 149 Å². The van der Waals surface area contributed by atoms with Crippen LogP contribution in [-0.2, 0) is 14.6 Å². The van der Waals surface area contributed by atoms with Gasteiger partial charge in [-0.05, 0) is 50.0 Å². The van der Waals surface area contributed by atoms with Gasteiger partial charge in [0.25, 0.3) is 0 Å². The largest absolute Gasteiger partial charge is 0.497 e. The quantitative estimate of drug-likeness (QED) is 0.866. The third-order valence-electron chi connectivity index (χ3n) is 5.57. The standard InChI is InChI=1S/C18H26N2O4S/c1-24-16-5-3-14(4-6-16)15-7-12-20(13-15)17(21)18(25(2,22)23)8-10-19-11-9-18/h3-6,15,19H,7-13H2,1-2H3. The molecule has 0 aromatic heterocycles. The molecule has 2 fully saturated rings. The number of benzene rings is 1. The van der Waals surface area contributed by atoms with Gasteiger partial charge in [0.15, 0.2) is 14.6 Å². The summed E-state index contributed by atoms with van der Waals surface area (Å²) >= 11 is 0. The Balaban J connectivity index is 1.76. The number of nitrogens with zero attached hydrogens (tertiary/aromatic N) is 1. The normalized spacial score (nSPS) is 23.4. The molecule has 2 aliphatic heterocycles. The van der Waals surface area contributed by atoms with E-state index in [-0.39, 0.29) is 11.8 Å². The van der Waals surface area contributed by atoms with Crippen LogP contribution in [0.1, 0.15) is 30.7 Å². The van der Waals surface area contributed by atoms with Gasteiger partial charge in [-0.15, -0.1) is 0 Å². The number of sulfone groups is 1. The Morgan fingerprint density at radius 1 is 1.24 bits per heavy atom. The van der Waals surface area contributed by atoms with Gasteiger partial charge in [0.05, 0.1) is 7.11 Å². The highest BCUT2D eigenvalue weighted by Crippen LogP contribution is 2.35. The van der Waals surface area contributed by atoms with Crippen molar-refractivity contribution in [1.29, 1.82) is 0 Å². The van der Waals surface area contributed by atoms with Gasteiger partial charge in [-0.1, -0.05) is 12.1 Å². The lowest BCUT2D eigenvalue weighted by molar-refractivity contribution is -0.133. The first-order valence-electron chi connectivity index (χ1n) is 8.71. The molecule has 1 unspecified atom stereocenters. The van der Waals surface area contributed by atoms with Crippen LogP contribution < -0.4 is 10.1 Å². The van der Waals surface area contributed by atoms with E-state index in [9.17, 15) is 13.2 Å². The molecule has 3 rings (SSSR count). The number of piperidine rings is 1. The number of methoxy groups -OCH3 is 1. The molecule has 6 nitrogen and oxygen atoms in total. The fourth-order valence-corrected chi connectivity index (χ4v) is 5.35. The lowest BCUT2D eigenvalue weighted by Crippen LogP contribution is -2.57. The fraction of sp³-hybridized carbons (Fsp3) is 0.611. The zero-order chi connectivity index (χ0) is 18.1. The van der Waals surface area contributed by atoms with Gasteiger partial charge in [0, 0.05) is 25.3 Å². The fourth-order valence-electron chi connectivity index (χ4n) is 3.95. The summed E-state index contributed by atoms with van der Waals surface area (Å²) in [6.07, 6.45) is 2.77. The molecule has 0 radical (unpaired) electrons. The number of amides is 1. The maximum Gasteiger partial charge on any atom is 0.244 e. The molecule has 1 aromatic rings. The van der Waals surface area contributed by atoms with E-state index in [1.807, 2.05) is 24.3 Å². The second-order valence-corrected chi connectivity index (χ2v) is 9.35. The number of rotatable bonds is 4. The van der Waals surface area contributed by atoms with Crippen molar-refractivity contribution in [2.24, 2.45) is 0 Å². The number of carbonyl (C=O) groups excluding carboxylic acids is 1. The number of likely N-dealkylation sites (tertiary alicyclic amines) is 1.